The third kappa shape index (κ3) is 24.8. The molecule has 0 aliphatic rings. The van der Waals surface area contributed by atoms with Gasteiger partial charge in [-0.2, -0.15) is 0 Å². The molecule has 1 aromatic carbocycles. The minimum atomic E-state index is 0.624. The summed E-state index contributed by atoms with van der Waals surface area (Å²) in [5.41, 5.74) is 6.52. The Morgan fingerprint density at radius 2 is 0.625 bits per heavy atom. The molecule has 0 aliphatic carbocycles. The fraction of sp³-hybridized carbons (Fsp3) is 0.545. The lowest BCUT2D eigenvalue weighted by atomic mass is 10.0. The van der Waals surface area contributed by atoms with E-state index in [4.69, 9.17) is 9.47 Å². The molecular weight excluding hydrogens is 881 g/mol. The number of rotatable bonds is 38. The van der Waals surface area contributed by atoms with Crippen LogP contribution in [-0.2, 0) is 0 Å². The Kier molecular flexibility index (Phi) is 30.5. The van der Waals surface area contributed by atoms with Crippen LogP contribution in [0.15, 0.2) is 97.6 Å². The van der Waals surface area contributed by atoms with Gasteiger partial charge >= 0.3 is 0 Å². The molecule has 6 heteroatoms. The molecule has 0 saturated heterocycles. The van der Waals surface area contributed by atoms with Crippen LogP contribution < -0.4 is 9.47 Å². The molecule has 0 amide bonds. The van der Waals surface area contributed by atoms with E-state index in [2.05, 4.69) is 57.5 Å². The second-order valence-electron chi connectivity index (χ2n) is 19.9. The molecule has 5 rings (SSSR count). The maximum atomic E-state index is 6.60. The van der Waals surface area contributed by atoms with E-state index in [-0.39, 0.29) is 0 Å². The lowest BCUT2D eigenvalue weighted by Crippen LogP contribution is -2.03. The summed E-state index contributed by atoms with van der Waals surface area (Å²) < 4.78 is 13.2. The summed E-state index contributed by atoms with van der Waals surface area (Å²) in [5.74, 6) is 15.1. The molecule has 0 fully saturated rings. The summed E-state index contributed by atoms with van der Waals surface area (Å²) in [6, 6.07) is 23.7. The van der Waals surface area contributed by atoms with Gasteiger partial charge in [-0.3, -0.25) is 19.9 Å². The number of hydrogen-bond acceptors (Lipinski definition) is 6. The first-order valence-corrected chi connectivity index (χ1v) is 29.0. The highest BCUT2D eigenvalue weighted by Crippen LogP contribution is 2.30. The van der Waals surface area contributed by atoms with Crippen LogP contribution in [0.3, 0.4) is 0 Å². The van der Waals surface area contributed by atoms with Crippen molar-refractivity contribution < 1.29 is 9.47 Å². The van der Waals surface area contributed by atoms with Crippen molar-refractivity contribution in [3.05, 3.63) is 120 Å². The fourth-order valence-corrected chi connectivity index (χ4v) is 9.20. The quantitative estimate of drug-likeness (QED) is 0.0290. The van der Waals surface area contributed by atoms with E-state index < -0.39 is 0 Å². The molecule has 5 aromatic rings. The monoisotopic (exact) mass is 971 g/mol. The van der Waals surface area contributed by atoms with Crippen LogP contribution in [0.4, 0.5) is 0 Å². The number of nitrogens with zero attached hydrogens (tertiary/aromatic N) is 4. The van der Waals surface area contributed by atoms with E-state index in [0.717, 1.165) is 82.2 Å². The molecule has 0 aliphatic heterocycles. The Labute approximate surface area is 437 Å². The maximum Gasteiger partial charge on any atom is 0.136 e. The molecule has 0 atom stereocenters. The summed E-state index contributed by atoms with van der Waals surface area (Å²) in [6.45, 7) is 5.83. The lowest BCUT2D eigenvalue weighted by molar-refractivity contribution is 0.295. The van der Waals surface area contributed by atoms with Crippen molar-refractivity contribution in [2.24, 2.45) is 0 Å². The molecule has 0 radical (unpaired) electrons. The molecule has 0 saturated carbocycles. The highest BCUT2D eigenvalue weighted by Gasteiger charge is 2.12. The number of benzene rings is 1. The molecular formula is C66H90N4O2. The molecule has 4 heterocycles. The first kappa shape index (κ1) is 57.4. The molecule has 4 aromatic heterocycles. The summed E-state index contributed by atoms with van der Waals surface area (Å²) in [4.78, 5) is 18.3. The Morgan fingerprint density at radius 1 is 0.319 bits per heavy atom. The van der Waals surface area contributed by atoms with Crippen LogP contribution >= 0.6 is 0 Å². The van der Waals surface area contributed by atoms with Gasteiger partial charge in [0.2, 0.25) is 0 Å². The molecule has 0 N–H and O–H groups in total. The van der Waals surface area contributed by atoms with Crippen molar-refractivity contribution in [3.63, 3.8) is 0 Å². The molecule has 6 nitrogen and oxygen atoms in total. The summed E-state index contributed by atoms with van der Waals surface area (Å²) in [7, 11) is 0. The zero-order valence-electron chi connectivity index (χ0n) is 44.9. The van der Waals surface area contributed by atoms with Crippen molar-refractivity contribution in [2.45, 2.75) is 219 Å². The highest BCUT2D eigenvalue weighted by molar-refractivity contribution is 5.62. The highest BCUT2D eigenvalue weighted by atomic mass is 16.5. The number of pyridine rings is 4. The van der Waals surface area contributed by atoms with Gasteiger partial charge in [0.25, 0.3) is 0 Å². The average Bonchev–Trinajstić information content (AvgIpc) is 3.42. The SMILES string of the molecule is CCCCCCCCCCCCCCCCCCOc1cc(C#Cc2ccc(-c3ccccn3)nc2)c(OCCCCCCCCCCCCCCCCCC)cc1C#Cc1ccc(-c2ccccn2)nc1. The van der Waals surface area contributed by atoms with E-state index in [1.54, 1.807) is 12.4 Å². The van der Waals surface area contributed by atoms with Crippen LogP contribution in [0.5, 0.6) is 11.5 Å². The van der Waals surface area contributed by atoms with Gasteiger partial charge in [0.05, 0.1) is 47.1 Å². The molecule has 0 bridgehead atoms. The topological polar surface area (TPSA) is 70.0 Å². The van der Waals surface area contributed by atoms with Gasteiger partial charge in [-0.15, -0.1) is 0 Å². The minimum absolute atomic E-state index is 0.624. The number of aromatic nitrogens is 4. The van der Waals surface area contributed by atoms with Crippen molar-refractivity contribution >= 4 is 0 Å². The Balaban J connectivity index is 1.18. The van der Waals surface area contributed by atoms with E-state index >= 15 is 0 Å². The standard InChI is InChI=1S/C66H90N4O2/c1-3-5-7-9-11-13-15-17-19-21-23-25-27-29-31-37-51-71-65-53-60(46-42-58-44-48-64(70-56-58)62-40-34-36-50-68-62)66(54-59(65)45-41-57-43-47-63(69-55-57)61-39-33-35-49-67-61)72-52-38-32-30-28-26-24-22-20-18-16-14-12-10-8-6-4-2/h33-36,39-40,43-44,47-50,53-56H,3-32,37-38,51-52H2,1-2H3. The fourth-order valence-electron chi connectivity index (χ4n) is 9.20. The van der Waals surface area contributed by atoms with Gasteiger partial charge in [0, 0.05) is 48.0 Å². The lowest BCUT2D eigenvalue weighted by Gasteiger charge is -2.14. The third-order valence-corrected chi connectivity index (χ3v) is 13.7. The smallest absolute Gasteiger partial charge is 0.136 e. The van der Waals surface area contributed by atoms with Crippen LogP contribution in [-0.4, -0.2) is 33.1 Å². The number of ether oxygens (including phenoxy) is 2. The maximum absolute atomic E-state index is 6.60. The van der Waals surface area contributed by atoms with Crippen molar-refractivity contribution in [3.8, 4) is 58.0 Å². The zero-order valence-corrected chi connectivity index (χ0v) is 44.9. The first-order chi connectivity index (χ1) is 35.7. The zero-order chi connectivity index (χ0) is 50.2. The Hall–Kier alpha value is -5.46. The Morgan fingerprint density at radius 3 is 0.903 bits per heavy atom. The van der Waals surface area contributed by atoms with Gasteiger partial charge in [0.1, 0.15) is 11.5 Å². The van der Waals surface area contributed by atoms with Crippen molar-refractivity contribution in [2.75, 3.05) is 13.2 Å². The van der Waals surface area contributed by atoms with Gasteiger partial charge in [-0.1, -0.05) is 242 Å². The van der Waals surface area contributed by atoms with Crippen molar-refractivity contribution in [1.82, 2.24) is 19.9 Å². The third-order valence-electron chi connectivity index (χ3n) is 13.7. The van der Waals surface area contributed by atoms with E-state index in [1.165, 1.54) is 180 Å². The van der Waals surface area contributed by atoms with E-state index in [9.17, 15) is 0 Å². The first-order valence-electron chi connectivity index (χ1n) is 29.0. The Bertz CT molecular complexity index is 2090. The van der Waals surface area contributed by atoms with Crippen LogP contribution in [0.1, 0.15) is 242 Å². The largest absolute Gasteiger partial charge is 0.492 e. The van der Waals surface area contributed by atoms with Gasteiger partial charge in [-0.25, -0.2) is 0 Å². The van der Waals surface area contributed by atoms with Crippen LogP contribution in [0.2, 0.25) is 0 Å². The predicted molar refractivity (Wildman–Crippen MR) is 303 cm³/mol. The second kappa shape index (κ2) is 38.2. The molecule has 386 valence electrons. The van der Waals surface area contributed by atoms with Crippen LogP contribution in [0.25, 0.3) is 22.8 Å². The molecule has 0 unspecified atom stereocenters. The van der Waals surface area contributed by atoms with Crippen LogP contribution in [0, 0.1) is 23.7 Å². The van der Waals surface area contributed by atoms with Crippen molar-refractivity contribution in [1.29, 1.82) is 0 Å². The average molecular weight is 971 g/mol. The minimum Gasteiger partial charge on any atom is -0.492 e. The summed E-state index contributed by atoms with van der Waals surface area (Å²) in [6.07, 6.45) is 50.0. The molecule has 72 heavy (non-hydrogen) atoms. The summed E-state index contributed by atoms with van der Waals surface area (Å²) >= 11 is 0. The second-order valence-corrected chi connectivity index (χ2v) is 19.9. The number of hydrogen-bond donors (Lipinski definition) is 0. The summed E-state index contributed by atoms with van der Waals surface area (Å²) in [5, 5.41) is 0. The number of unbranched alkanes of at least 4 members (excludes halogenated alkanes) is 30. The van der Waals surface area contributed by atoms with Gasteiger partial charge < -0.3 is 9.47 Å². The molecule has 0 spiro atoms. The van der Waals surface area contributed by atoms with Gasteiger partial charge in [0.15, 0.2) is 0 Å². The van der Waals surface area contributed by atoms with E-state index in [1.807, 2.05) is 85.2 Å². The predicted octanol–water partition coefficient (Wildman–Crippen LogP) is 18.7. The van der Waals surface area contributed by atoms with Gasteiger partial charge in [-0.05, 0) is 61.4 Å². The normalized spacial score (nSPS) is 10.9. The van der Waals surface area contributed by atoms with E-state index in [0.29, 0.717) is 13.2 Å².